The fraction of sp³-hybridized carbons (Fsp3) is 0.234. The van der Waals surface area contributed by atoms with Crippen LogP contribution >= 0.6 is 0 Å². The van der Waals surface area contributed by atoms with E-state index >= 15 is 0 Å². The predicted octanol–water partition coefficient (Wildman–Crippen LogP) is 12.6. The summed E-state index contributed by atoms with van der Waals surface area (Å²) in [5.41, 5.74) is 21.8. The maximum Gasteiger partial charge on any atom is 0.0543 e. The minimum atomic E-state index is -0.103. The first-order chi connectivity index (χ1) is 23.2. The summed E-state index contributed by atoms with van der Waals surface area (Å²) in [6.07, 6.45) is 4.84. The fourth-order valence-electron chi connectivity index (χ4n) is 9.28. The Morgan fingerprint density at radius 1 is 0.479 bits per heavy atom. The van der Waals surface area contributed by atoms with Gasteiger partial charge in [0.25, 0.3) is 0 Å². The summed E-state index contributed by atoms with van der Waals surface area (Å²) in [6, 6.07) is 46.1. The molecule has 0 saturated heterocycles. The molecule has 0 saturated carbocycles. The van der Waals surface area contributed by atoms with Gasteiger partial charge in [-0.05, 0) is 136 Å². The molecule has 6 aromatic rings. The molecule has 0 bridgehead atoms. The fourth-order valence-corrected chi connectivity index (χ4v) is 9.28. The van der Waals surface area contributed by atoms with E-state index in [1.165, 1.54) is 103 Å². The van der Waals surface area contributed by atoms with E-state index in [9.17, 15) is 0 Å². The zero-order valence-corrected chi connectivity index (χ0v) is 28.8. The quantitative estimate of drug-likeness (QED) is 0.189. The van der Waals surface area contributed by atoms with Crippen LogP contribution in [0.4, 0.5) is 17.1 Å². The van der Waals surface area contributed by atoms with Crippen molar-refractivity contribution in [2.45, 2.75) is 71.1 Å². The number of benzene rings is 6. The minimum Gasteiger partial charge on any atom is -0.310 e. The van der Waals surface area contributed by atoms with Gasteiger partial charge in [-0.2, -0.15) is 0 Å². The van der Waals surface area contributed by atoms with Crippen LogP contribution in [0.5, 0.6) is 0 Å². The highest BCUT2D eigenvalue weighted by Crippen LogP contribution is 2.56. The third kappa shape index (κ3) is 4.16. The molecular weight excluding hydrogens is 579 g/mol. The molecule has 48 heavy (non-hydrogen) atoms. The summed E-state index contributed by atoms with van der Waals surface area (Å²) in [5.74, 6) is 0. The molecule has 0 unspecified atom stereocenters. The summed E-state index contributed by atoms with van der Waals surface area (Å²) in [5, 5.41) is 0. The van der Waals surface area contributed by atoms with Gasteiger partial charge in [-0.25, -0.2) is 0 Å². The number of rotatable bonds is 4. The normalized spacial score (nSPS) is 16.0. The number of para-hydroxylation sites is 1. The third-order valence-corrected chi connectivity index (χ3v) is 11.8. The van der Waals surface area contributed by atoms with E-state index in [2.05, 4.69) is 161 Å². The standard InChI is InChI=1S/C47H43N/c1-30-23-24-31-15-9-10-18-34(31)45(30)39-28-38-36-20-12-14-22-41(36)47(4,5)43(38)29-44(39)48(32-16-7-6-8-17-32)33-25-26-37-35-19-11-13-21-40(35)46(2,3)42(37)27-33/h6-8,11-14,16-17,19-29H,9-10,15,18H2,1-5H3. The van der Waals surface area contributed by atoms with Crippen molar-refractivity contribution in [2.75, 3.05) is 4.90 Å². The molecule has 0 N–H and O–H groups in total. The van der Waals surface area contributed by atoms with E-state index in [1.54, 1.807) is 5.56 Å². The first-order valence-corrected chi connectivity index (χ1v) is 17.7. The molecule has 0 fully saturated rings. The van der Waals surface area contributed by atoms with E-state index in [1.807, 2.05) is 0 Å². The molecule has 0 aliphatic heterocycles. The van der Waals surface area contributed by atoms with Crippen molar-refractivity contribution < 1.29 is 0 Å². The minimum absolute atomic E-state index is 0.0796. The van der Waals surface area contributed by atoms with Crippen molar-refractivity contribution in [2.24, 2.45) is 0 Å². The highest BCUT2D eigenvalue weighted by molar-refractivity contribution is 5.97. The van der Waals surface area contributed by atoms with Crippen molar-refractivity contribution in [3.63, 3.8) is 0 Å². The van der Waals surface area contributed by atoms with Gasteiger partial charge in [0.05, 0.1) is 5.69 Å². The highest BCUT2D eigenvalue weighted by Gasteiger charge is 2.39. The van der Waals surface area contributed by atoms with Gasteiger partial charge < -0.3 is 4.90 Å². The number of aryl methyl sites for hydroxylation is 2. The Hall–Kier alpha value is -4.88. The molecule has 236 valence electrons. The topological polar surface area (TPSA) is 3.24 Å². The van der Waals surface area contributed by atoms with Crippen LogP contribution in [-0.4, -0.2) is 0 Å². The van der Waals surface area contributed by atoms with Gasteiger partial charge in [0.1, 0.15) is 0 Å². The van der Waals surface area contributed by atoms with Gasteiger partial charge >= 0.3 is 0 Å². The predicted molar refractivity (Wildman–Crippen MR) is 203 cm³/mol. The number of hydrogen-bond donors (Lipinski definition) is 0. The summed E-state index contributed by atoms with van der Waals surface area (Å²) in [7, 11) is 0. The number of nitrogens with zero attached hydrogens (tertiary/aromatic N) is 1. The monoisotopic (exact) mass is 621 g/mol. The largest absolute Gasteiger partial charge is 0.310 e. The van der Waals surface area contributed by atoms with Crippen LogP contribution in [-0.2, 0) is 23.7 Å². The Balaban J connectivity index is 1.36. The van der Waals surface area contributed by atoms with Crippen molar-refractivity contribution >= 4 is 17.1 Å². The Morgan fingerprint density at radius 2 is 1.08 bits per heavy atom. The van der Waals surface area contributed by atoms with Gasteiger partial charge in [0.2, 0.25) is 0 Å². The van der Waals surface area contributed by atoms with Crippen molar-refractivity contribution in [1.82, 2.24) is 0 Å². The van der Waals surface area contributed by atoms with E-state index < -0.39 is 0 Å². The molecule has 0 radical (unpaired) electrons. The van der Waals surface area contributed by atoms with Crippen molar-refractivity contribution in [3.05, 3.63) is 160 Å². The van der Waals surface area contributed by atoms with E-state index in [-0.39, 0.29) is 10.8 Å². The molecule has 3 aliphatic rings. The Kier molecular flexibility index (Phi) is 6.44. The summed E-state index contributed by atoms with van der Waals surface area (Å²) in [4.78, 5) is 2.55. The Labute approximate surface area is 285 Å². The van der Waals surface area contributed by atoms with Gasteiger partial charge in [0.15, 0.2) is 0 Å². The lowest BCUT2D eigenvalue weighted by atomic mass is 9.79. The van der Waals surface area contributed by atoms with E-state index in [0.717, 1.165) is 6.42 Å². The first-order valence-electron chi connectivity index (χ1n) is 17.7. The lowest BCUT2D eigenvalue weighted by molar-refractivity contribution is 0.660. The smallest absolute Gasteiger partial charge is 0.0543 e. The van der Waals surface area contributed by atoms with E-state index in [4.69, 9.17) is 0 Å². The summed E-state index contributed by atoms with van der Waals surface area (Å²) < 4.78 is 0. The van der Waals surface area contributed by atoms with Crippen LogP contribution in [0.3, 0.4) is 0 Å². The SMILES string of the molecule is Cc1ccc2c(c1-c1cc3c(cc1N(c1ccccc1)c1ccc4c(c1)C(C)(C)c1ccccc1-4)C(C)(C)c1ccccc1-3)CCCC2. The van der Waals surface area contributed by atoms with Crippen LogP contribution in [0.15, 0.2) is 121 Å². The molecule has 3 aliphatic carbocycles. The van der Waals surface area contributed by atoms with Crippen LogP contribution in [0.25, 0.3) is 33.4 Å². The highest BCUT2D eigenvalue weighted by atomic mass is 15.1. The van der Waals surface area contributed by atoms with Gasteiger partial charge in [0, 0.05) is 27.8 Å². The molecule has 1 nitrogen and oxygen atoms in total. The maximum absolute atomic E-state index is 2.55. The molecule has 1 heteroatoms. The molecular formula is C47H43N. The van der Waals surface area contributed by atoms with Crippen LogP contribution < -0.4 is 4.90 Å². The molecule has 0 spiro atoms. The van der Waals surface area contributed by atoms with Gasteiger partial charge in [-0.3, -0.25) is 0 Å². The molecule has 9 rings (SSSR count). The Morgan fingerprint density at radius 3 is 1.81 bits per heavy atom. The zero-order chi connectivity index (χ0) is 32.8. The average Bonchev–Trinajstić information content (AvgIpc) is 3.48. The molecule has 0 aromatic heterocycles. The summed E-state index contributed by atoms with van der Waals surface area (Å²) in [6.45, 7) is 11.9. The van der Waals surface area contributed by atoms with Crippen molar-refractivity contribution in [1.29, 1.82) is 0 Å². The van der Waals surface area contributed by atoms with Gasteiger partial charge in [-0.1, -0.05) is 113 Å². The Bertz CT molecular complexity index is 2250. The first kappa shape index (κ1) is 29.3. The lowest BCUT2D eigenvalue weighted by Crippen LogP contribution is -2.19. The molecule has 0 atom stereocenters. The second-order valence-corrected chi connectivity index (χ2v) is 15.3. The molecule has 6 aromatic carbocycles. The zero-order valence-electron chi connectivity index (χ0n) is 28.8. The van der Waals surface area contributed by atoms with E-state index in [0.29, 0.717) is 0 Å². The molecule has 0 heterocycles. The number of fused-ring (bicyclic) bond motifs is 7. The van der Waals surface area contributed by atoms with Gasteiger partial charge in [-0.15, -0.1) is 0 Å². The van der Waals surface area contributed by atoms with Crippen molar-refractivity contribution in [3.8, 4) is 33.4 Å². The van der Waals surface area contributed by atoms with Crippen LogP contribution in [0.2, 0.25) is 0 Å². The summed E-state index contributed by atoms with van der Waals surface area (Å²) >= 11 is 0. The second kappa shape index (κ2) is 10.6. The number of hydrogen-bond acceptors (Lipinski definition) is 1. The van der Waals surface area contributed by atoms with Crippen LogP contribution in [0, 0.1) is 6.92 Å². The molecule has 0 amide bonds. The third-order valence-electron chi connectivity index (χ3n) is 11.8. The maximum atomic E-state index is 2.55. The van der Waals surface area contributed by atoms with Crippen LogP contribution in [0.1, 0.15) is 79.5 Å². The lowest BCUT2D eigenvalue weighted by Gasteiger charge is -2.33. The number of anilines is 3. The average molecular weight is 622 g/mol. The second-order valence-electron chi connectivity index (χ2n) is 15.3.